The van der Waals surface area contributed by atoms with E-state index in [1.54, 1.807) is 11.3 Å². The molecule has 0 aliphatic heterocycles. The quantitative estimate of drug-likeness (QED) is 0.819. The largest absolute Gasteiger partial charge is 0.301 e. The van der Waals surface area contributed by atoms with Crippen LogP contribution < -0.4 is 5.48 Å². The molecule has 1 heterocycles. The van der Waals surface area contributed by atoms with E-state index in [1.807, 2.05) is 0 Å². The van der Waals surface area contributed by atoms with Gasteiger partial charge in [-0.3, -0.25) is 0 Å². The van der Waals surface area contributed by atoms with E-state index in [-0.39, 0.29) is 0 Å². The van der Waals surface area contributed by atoms with Crippen molar-refractivity contribution < 1.29 is 4.84 Å². The molecule has 1 N–H and O–H groups in total. The third kappa shape index (κ3) is 2.72. The topological polar surface area (TPSA) is 21.3 Å². The molecule has 0 fully saturated rings. The minimum absolute atomic E-state index is 0.336. The van der Waals surface area contributed by atoms with Crippen LogP contribution in [0.3, 0.4) is 0 Å². The minimum atomic E-state index is 0.336. The number of rotatable bonds is 4. The van der Waals surface area contributed by atoms with Crippen molar-refractivity contribution >= 4 is 22.9 Å². The first-order valence-corrected chi connectivity index (χ1v) is 6.51. The van der Waals surface area contributed by atoms with Gasteiger partial charge in [0, 0.05) is 4.88 Å². The van der Waals surface area contributed by atoms with Crippen LogP contribution >= 0.6 is 22.9 Å². The molecule has 0 bridgehead atoms. The Balaban J connectivity index is 1.90. The monoisotopic (exact) mass is 245 g/mol. The van der Waals surface area contributed by atoms with E-state index >= 15 is 0 Å². The summed E-state index contributed by atoms with van der Waals surface area (Å²) in [7, 11) is 0. The smallest absolute Gasteiger partial charge is 0.0934 e. The van der Waals surface area contributed by atoms with Crippen molar-refractivity contribution in [1.29, 1.82) is 0 Å². The van der Waals surface area contributed by atoms with Gasteiger partial charge >= 0.3 is 0 Å². The predicted octanol–water partition coefficient (Wildman–Crippen LogP) is 3.57. The van der Waals surface area contributed by atoms with Gasteiger partial charge in [0.05, 0.1) is 17.0 Å². The number of aryl methyl sites for hydroxylation is 1. The molecular formula is C11H16ClNOS. The molecule has 84 valence electrons. The van der Waals surface area contributed by atoms with Crippen molar-refractivity contribution in [2.45, 2.75) is 32.7 Å². The van der Waals surface area contributed by atoms with Gasteiger partial charge in [-0.25, -0.2) is 0 Å². The Labute approximate surface area is 99.5 Å². The van der Waals surface area contributed by atoms with Crippen LogP contribution in [-0.4, -0.2) is 6.61 Å². The average molecular weight is 246 g/mol. The predicted molar refractivity (Wildman–Crippen MR) is 64.3 cm³/mol. The summed E-state index contributed by atoms with van der Waals surface area (Å²) < 4.78 is 0.885. The van der Waals surface area contributed by atoms with Crippen molar-refractivity contribution in [1.82, 2.24) is 5.48 Å². The molecule has 0 saturated carbocycles. The Morgan fingerprint density at radius 1 is 1.67 bits per heavy atom. The summed E-state index contributed by atoms with van der Waals surface area (Å²) in [6.07, 6.45) is 2.24. The van der Waals surface area contributed by atoms with Gasteiger partial charge in [-0.15, -0.1) is 11.3 Å². The molecule has 4 heteroatoms. The maximum Gasteiger partial charge on any atom is 0.0934 e. The third-order valence-corrected chi connectivity index (χ3v) is 3.83. The highest BCUT2D eigenvalue weighted by Gasteiger charge is 2.25. The molecule has 1 aromatic heterocycles. The van der Waals surface area contributed by atoms with Crippen molar-refractivity contribution in [2.75, 3.05) is 6.61 Å². The van der Waals surface area contributed by atoms with Gasteiger partial charge in [0.15, 0.2) is 0 Å². The average Bonchev–Trinajstić information content (AvgIpc) is 2.65. The lowest BCUT2D eigenvalue weighted by Gasteiger charge is -2.13. The van der Waals surface area contributed by atoms with Crippen LogP contribution in [0.25, 0.3) is 0 Å². The highest BCUT2D eigenvalue weighted by atomic mass is 35.5. The Kier molecular flexibility index (Phi) is 3.67. The lowest BCUT2D eigenvalue weighted by molar-refractivity contribution is 0.000652. The van der Waals surface area contributed by atoms with E-state index in [4.69, 9.17) is 16.4 Å². The van der Waals surface area contributed by atoms with Gasteiger partial charge in [0.2, 0.25) is 0 Å². The summed E-state index contributed by atoms with van der Waals surface area (Å²) in [5.41, 5.74) is 4.46. The van der Waals surface area contributed by atoms with Crippen LogP contribution in [0.5, 0.6) is 0 Å². The van der Waals surface area contributed by atoms with Gasteiger partial charge in [-0.05, 0) is 30.4 Å². The molecule has 15 heavy (non-hydrogen) atoms. The van der Waals surface area contributed by atoms with Crippen molar-refractivity contribution in [3.8, 4) is 0 Å². The summed E-state index contributed by atoms with van der Waals surface area (Å²) in [5.74, 6) is 0.560. The minimum Gasteiger partial charge on any atom is -0.301 e. The normalized spacial score (nSPS) is 19.9. The van der Waals surface area contributed by atoms with Gasteiger partial charge in [-0.1, -0.05) is 25.4 Å². The fourth-order valence-electron chi connectivity index (χ4n) is 1.77. The fraction of sp³-hybridized carbons (Fsp3) is 0.636. The van der Waals surface area contributed by atoms with E-state index in [1.165, 1.54) is 10.4 Å². The SMILES string of the molecule is CC(C)CONC1CCc2sc(Cl)cc21. The molecular weight excluding hydrogens is 230 g/mol. The maximum absolute atomic E-state index is 5.98. The zero-order valence-electron chi connectivity index (χ0n) is 9.05. The molecule has 1 atom stereocenters. The van der Waals surface area contributed by atoms with Gasteiger partial charge in [0.25, 0.3) is 0 Å². The molecule has 1 aliphatic carbocycles. The van der Waals surface area contributed by atoms with Crippen LogP contribution in [0.2, 0.25) is 4.34 Å². The highest BCUT2D eigenvalue weighted by molar-refractivity contribution is 7.16. The Hall–Kier alpha value is -0.0900. The van der Waals surface area contributed by atoms with Crippen LogP contribution in [0.4, 0.5) is 0 Å². The summed E-state index contributed by atoms with van der Waals surface area (Å²) >= 11 is 7.67. The number of hydrogen-bond acceptors (Lipinski definition) is 3. The number of thiophene rings is 1. The second-order valence-electron chi connectivity index (χ2n) is 4.34. The fourth-order valence-corrected chi connectivity index (χ4v) is 3.13. The van der Waals surface area contributed by atoms with Crippen molar-refractivity contribution in [3.05, 3.63) is 20.8 Å². The van der Waals surface area contributed by atoms with E-state index < -0.39 is 0 Å². The Morgan fingerprint density at radius 3 is 3.20 bits per heavy atom. The number of hydroxylamine groups is 1. The van der Waals surface area contributed by atoms with E-state index in [0.717, 1.165) is 23.8 Å². The number of halogens is 1. The molecule has 1 unspecified atom stereocenters. The Morgan fingerprint density at radius 2 is 2.47 bits per heavy atom. The zero-order chi connectivity index (χ0) is 10.8. The lowest BCUT2D eigenvalue weighted by Crippen LogP contribution is -2.21. The molecule has 2 rings (SSSR count). The van der Waals surface area contributed by atoms with Crippen LogP contribution in [-0.2, 0) is 11.3 Å². The van der Waals surface area contributed by atoms with Crippen LogP contribution in [0.15, 0.2) is 6.07 Å². The second-order valence-corrected chi connectivity index (χ2v) is 6.11. The second kappa shape index (κ2) is 4.83. The van der Waals surface area contributed by atoms with Crippen LogP contribution in [0, 0.1) is 5.92 Å². The lowest BCUT2D eigenvalue weighted by atomic mass is 10.2. The first-order chi connectivity index (χ1) is 7.16. The van der Waals surface area contributed by atoms with Gasteiger partial charge in [-0.2, -0.15) is 5.48 Å². The first-order valence-electron chi connectivity index (χ1n) is 5.32. The highest BCUT2D eigenvalue weighted by Crippen LogP contribution is 2.39. The standard InChI is InChI=1S/C11H16ClNOS/c1-7(2)6-14-13-9-3-4-10-8(9)5-11(12)15-10/h5,7,9,13H,3-4,6H2,1-2H3. The van der Waals surface area contributed by atoms with E-state index in [9.17, 15) is 0 Å². The zero-order valence-corrected chi connectivity index (χ0v) is 10.6. The molecule has 0 spiro atoms. The molecule has 2 nitrogen and oxygen atoms in total. The maximum atomic E-state index is 5.98. The van der Waals surface area contributed by atoms with E-state index in [2.05, 4.69) is 25.4 Å². The third-order valence-electron chi connectivity index (χ3n) is 2.49. The molecule has 0 saturated heterocycles. The van der Waals surface area contributed by atoms with Crippen LogP contribution in [0.1, 0.15) is 36.8 Å². The molecule has 1 aromatic rings. The summed E-state index contributed by atoms with van der Waals surface area (Å²) in [4.78, 5) is 6.86. The van der Waals surface area contributed by atoms with Gasteiger partial charge in [0.1, 0.15) is 0 Å². The van der Waals surface area contributed by atoms with Gasteiger partial charge < -0.3 is 4.84 Å². The van der Waals surface area contributed by atoms with E-state index in [0.29, 0.717) is 12.0 Å². The Bertz CT molecular complexity index is 337. The molecule has 0 radical (unpaired) electrons. The summed E-state index contributed by atoms with van der Waals surface area (Å²) in [5, 5.41) is 0. The molecule has 0 amide bonds. The first kappa shape index (κ1) is 11.4. The van der Waals surface area contributed by atoms with Crippen molar-refractivity contribution in [2.24, 2.45) is 5.92 Å². The molecule has 0 aromatic carbocycles. The summed E-state index contributed by atoms with van der Waals surface area (Å²) in [6.45, 7) is 5.04. The number of fused-ring (bicyclic) bond motifs is 1. The summed E-state index contributed by atoms with van der Waals surface area (Å²) in [6, 6.07) is 2.40. The number of hydrogen-bond donors (Lipinski definition) is 1. The number of nitrogens with one attached hydrogen (secondary N) is 1. The van der Waals surface area contributed by atoms with Crippen molar-refractivity contribution in [3.63, 3.8) is 0 Å². The molecule has 1 aliphatic rings.